The first-order valence-corrected chi connectivity index (χ1v) is 12.3. The van der Waals surface area contributed by atoms with E-state index in [2.05, 4.69) is 35.3 Å². The second kappa shape index (κ2) is 9.40. The Morgan fingerprint density at radius 1 is 1.21 bits per heavy atom. The molecular formula is C23H25N5O3S2. The lowest BCUT2D eigenvalue weighted by molar-refractivity contribution is -0.142. The van der Waals surface area contributed by atoms with E-state index in [1.165, 1.54) is 16.2 Å². The summed E-state index contributed by atoms with van der Waals surface area (Å²) in [6.45, 7) is 10.2. The summed E-state index contributed by atoms with van der Waals surface area (Å²) in [7, 11) is 0. The monoisotopic (exact) mass is 483 g/mol. The number of amides is 1. The van der Waals surface area contributed by atoms with Crippen LogP contribution in [0.5, 0.6) is 0 Å². The van der Waals surface area contributed by atoms with Crippen molar-refractivity contribution >= 4 is 50.7 Å². The van der Waals surface area contributed by atoms with E-state index in [-0.39, 0.29) is 24.3 Å². The molecule has 4 aromatic heterocycles. The van der Waals surface area contributed by atoms with Crippen LogP contribution in [0.25, 0.3) is 22.3 Å². The summed E-state index contributed by atoms with van der Waals surface area (Å²) in [5.41, 5.74) is 3.45. The smallest absolute Gasteiger partial charge is 0.311 e. The van der Waals surface area contributed by atoms with Gasteiger partial charge in [0.15, 0.2) is 10.8 Å². The van der Waals surface area contributed by atoms with Crippen molar-refractivity contribution in [3.63, 3.8) is 0 Å². The van der Waals surface area contributed by atoms with Crippen LogP contribution in [0.3, 0.4) is 0 Å². The number of thiazole rings is 1. The van der Waals surface area contributed by atoms with E-state index in [0.29, 0.717) is 34.0 Å². The van der Waals surface area contributed by atoms with Gasteiger partial charge in [0, 0.05) is 26.7 Å². The van der Waals surface area contributed by atoms with Crippen molar-refractivity contribution < 1.29 is 14.3 Å². The Balaban J connectivity index is 1.70. The van der Waals surface area contributed by atoms with E-state index in [4.69, 9.17) is 9.72 Å². The number of carbonyl (C=O) groups is 2. The maximum Gasteiger partial charge on any atom is 0.311 e. The summed E-state index contributed by atoms with van der Waals surface area (Å²) in [5, 5.41) is 10.2. The summed E-state index contributed by atoms with van der Waals surface area (Å²) in [6, 6.07) is 4.00. The van der Waals surface area contributed by atoms with Crippen molar-refractivity contribution in [2.24, 2.45) is 0 Å². The maximum absolute atomic E-state index is 13.3. The molecule has 4 rings (SSSR count). The number of nitrogens with zero attached hydrogens (tertiary/aromatic N) is 4. The van der Waals surface area contributed by atoms with Crippen LogP contribution >= 0.6 is 22.7 Å². The summed E-state index contributed by atoms with van der Waals surface area (Å²) < 4.78 is 6.79. The third-order valence-electron chi connectivity index (χ3n) is 5.02. The second-order valence-electron chi connectivity index (χ2n) is 7.88. The Morgan fingerprint density at radius 2 is 2.00 bits per heavy atom. The number of anilines is 1. The van der Waals surface area contributed by atoms with Gasteiger partial charge >= 0.3 is 5.97 Å². The van der Waals surface area contributed by atoms with Gasteiger partial charge in [0.25, 0.3) is 5.91 Å². The highest BCUT2D eigenvalue weighted by molar-refractivity contribution is 7.14. The van der Waals surface area contributed by atoms with Gasteiger partial charge in [0.05, 0.1) is 41.6 Å². The molecule has 1 N–H and O–H groups in total. The first kappa shape index (κ1) is 23.1. The van der Waals surface area contributed by atoms with Gasteiger partial charge < -0.3 is 4.74 Å². The first-order chi connectivity index (χ1) is 15.8. The zero-order valence-corrected chi connectivity index (χ0v) is 20.8. The third-order valence-corrected chi connectivity index (χ3v) is 6.79. The number of esters is 1. The van der Waals surface area contributed by atoms with Crippen LogP contribution in [-0.4, -0.2) is 38.2 Å². The lowest BCUT2D eigenvalue weighted by Gasteiger charge is -2.10. The molecule has 0 unspecified atom stereocenters. The van der Waals surface area contributed by atoms with E-state index in [1.807, 2.05) is 24.6 Å². The topological polar surface area (TPSA) is 99.0 Å². The van der Waals surface area contributed by atoms with Gasteiger partial charge in [0.2, 0.25) is 0 Å². The number of fused-ring (bicyclic) bond motifs is 1. The highest BCUT2D eigenvalue weighted by atomic mass is 32.1. The summed E-state index contributed by atoms with van der Waals surface area (Å²) in [4.78, 5) is 36.6. The molecule has 0 atom stereocenters. The van der Waals surface area contributed by atoms with Crippen molar-refractivity contribution in [1.82, 2.24) is 19.7 Å². The van der Waals surface area contributed by atoms with E-state index < -0.39 is 0 Å². The molecule has 0 aliphatic carbocycles. The molecule has 0 aliphatic heterocycles. The molecule has 8 nitrogen and oxygen atoms in total. The van der Waals surface area contributed by atoms with Gasteiger partial charge in [-0.2, -0.15) is 5.10 Å². The predicted octanol–water partition coefficient (Wildman–Crippen LogP) is 5.17. The number of rotatable bonds is 7. The van der Waals surface area contributed by atoms with Crippen LogP contribution < -0.4 is 5.32 Å². The molecule has 1 amide bonds. The minimum absolute atomic E-state index is 0.0712. The molecule has 0 aliphatic rings. The van der Waals surface area contributed by atoms with Gasteiger partial charge in [-0.1, -0.05) is 0 Å². The Labute approximate surface area is 199 Å². The number of pyridine rings is 1. The van der Waals surface area contributed by atoms with Crippen LogP contribution in [0.15, 0.2) is 23.7 Å². The molecule has 172 valence electrons. The predicted molar refractivity (Wildman–Crippen MR) is 131 cm³/mol. The molecule has 33 heavy (non-hydrogen) atoms. The van der Waals surface area contributed by atoms with Crippen molar-refractivity contribution in [3.8, 4) is 11.3 Å². The number of carbonyl (C=O) groups excluding carboxylic acids is 2. The fourth-order valence-electron chi connectivity index (χ4n) is 3.58. The number of ether oxygens (including phenoxy) is 1. The number of aromatic nitrogens is 4. The van der Waals surface area contributed by atoms with Crippen LogP contribution in [-0.2, 0) is 16.0 Å². The normalized spacial score (nSPS) is 11.3. The highest BCUT2D eigenvalue weighted by Gasteiger charge is 2.21. The molecule has 10 heteroatoms. The molecule has 0 fully saturated rings. The zero-order chi connectivity index (χ0) is 23.7. The molecule has 0 spiro atoms. The maximum atomic E-state index is 13.3. The zero-order valence-electron chi connectivity index (χ0n) is 19.1. The van der Waals surface area contributed by atoms with Gasteiger partial charge in [0.1, 0.15) is 0 Å². The highest BCUT2D eigenvalue weighted by Crippen LogP contribution is 2.33. The molecule has 0 bridgehead atoms. The van der Waals surface area contributed by atoms with Crippen molar-refractivity contribution in [3.05, 3.63) is 44.7 Å². The van der Waals surface area contributed by atoms with Crippen molar-refractivity contribution in [2.75, 3.05) is 11.9 Å². The van der Waals surface area contributed by atoms with Crippen LogP contribution in [0.1, 0.15) is 52.6 Å². The molecule has 4 aromatic rings. The lowest BCUT2D eigenvalue weighted by atomic mass is 10.1. The SMILES string of the molecule is CCOC(=O)Cc1csc(NC(=O)c2cc(-c3cc(C)sc3C)nc3c2cnn3C(C)C)n1. The number of nitrogens with one attached hydrogen (secondary N) is 1. The lowest BCUT2D eigenvalue weighted by Crippen LogP contribution is -2.14. The van der Waals surface area contributed by atoms with Gasteiger partial charge in [-0.3, -0.25) is 14.9 Å². The summed E-state index contributed by atoms with van der Waals surface area (Å²) in [6.07, 6.45) is 1.75. The summed E-state index contributed by atoms with van der Waals surface area (Å²) in [5.74, 6) is -0.641. The van der Waals surface area contributed by atoms with Crippen LogP contribution in [0, 0.1) is 13.8 Å². The third kappa shape index (κ3) is 4.81. The van der Waals surface area contributed by atoms with E-state index in [1.54, 1.807) is 29.8 Å². The Kier molecular flexibility index (Phi) is 6.57. The van der Waals surface area contributed by atoms with E-state index in [9.17, 15) is 9.59 Å². The minimum Gasteiger partial charge on any atom is -0.466 e. The van der Waals surface area contributed by atoms with E-state index >= 15 is 0 Å². The number of thiophene rings is 1. The van der Waals surface area contributed by atoms with E-state index in [0.717, 1.165) is 16.1 Å². The molecule has 0 saturated carbocycles. The average Bonchev–Trinajstić information content (AvgIpc) is 3.45. The van der Waals surface area contributed by atoms with Gasteiger partial charge in [-0.15, -0.1) is 22.7 Å². The fourth-order valence-corrected chi connectivity index (χ4v) is 5.22. The summed E-state index contributed by atoms with van der Waals surface area (Å²) >= 11 is 2.97. The Bertz CT molecular complexity index is 1340. The van der Waals surface area contributed by atoms with Crippen molar-refractivity contribution in [2.45, 2.75) is 47.1 Å². The second-order valence-corrected chi connectivity index (χ2v) is 10.2. The van der Waals surface area contributed by atoms with Crippen LogP contribution in [0.2, 0.25) is 0 Å². The molecule has 0 radical (unpaired) electrons. The molecule has 0 aromatic carbocycles. The Morgan fingerprint density at radius 3 is 2.67 bits per heavy atom. The van der Waals surface area contributed by atoms with Gasteiger partial charge in [-0.25, -0.2) is 14.6 Å². The molecule has 4 heterocycles. The quantitative estimate of drug-likeness (QED) is 0.364. The minimum atomic E-state index is -0.344. The van der Waals surface area contributed by atoms with Gasteiger partial charge in [-0.05, 0) is 46.8 Å². The number of hydrogen-bond acceptors (Lipinski definition) is 8. The average molecular weight is 484 g/mol. The Hall–Kier alpha value is -3.11. The fraction of sp³-hybridized carbons (Fsp3) is 0.348. The number of aryl methyl sites for hydroxylation is 2. The standard InChI is InChI=1S/C23H25N5O3S2/c1-6-31-20(29)8-15-11-32-23(25-15)27-22(30)17-9-19(16-7-13(4)33-14(16)5)26-21-18(17)10-24-28(21)12(2)3/h7,9-12H,6,8H2,1-5H3,(H,25,27,30). The molecular weight excluding hydrogens is 458 g/mol. The van der Waals surface area contributed by atoms with Crippen LogP contribution in [0.4, 0.5) is 5.13 Å². The largest absolute Gasteiger partial charge is 0.466 e. The number of hydrogen-bond donors (Lipinski definition) is 1. The first-order valence-electron chi connectivity index (χ1n) is 10.6. The van der Waals surface area contributed by atoms with Crippen molar-refractivity contribution in [1.29, 1.82) is 0 Å². The molecule has 0 saturated heterocycles.